The van der Waals surface area contributed by atoms with Crippen LogP contribution in [-0.4, -0.2) is 39.7 Å². The van der Waals surface area contributed by atoms with Crippen LogP contribution >= 0.6 is 12.6 Å². The number of carbonyl (C=O) groups is 3. The summed E-state index contributed by atoms with van der Waals surface area (Å²) in [4.78, 5) is 34.6. The van der Waals surface area contributed by atoms with Crippen LogP contribution in [0.4, 0.5) is 0 Å². The van der Waals surface area contributed by atoms with E-state index in [-0.39, 0.29) is 11.7 Å². The van der Waals surface area contributed by atoms with E-state index in [9.17, 15) is 14.4 Å². The van der Waals surface area contributed by atoms with Crippen molar-refractivity contribution >= 4 is 30.4 Å². The first-order valence-corrected chi connectivity index (χ1v) is 5.82. The van der Waals surface area contributed by atoms with Crippen LogP contribution in [0.1, 0.15) is 17.3 Å². The Kier molecular flexibility index (Phi) is 7.94. The van der Waals surface area contributed by atoms with Gasteiger partial charge in [0.15, 0.2) is 0 Å². The summed E-state index contributed by atoms with van der Waals surface area (Å²) >= 11 is 3.73. The van der Waals surface area contributed by atoms with E-state index in [1.165, 1.54) is 13.1 Å². The van der Waals surface area contributed by atoms with E-state index < -0.39 is 17.9 Å². The van der Waals surface area contributed by atoms with Crippen molar-refractivity contribution in [2.45, 2.75) is 13.0 Å². The molecule has 0 aliphatic carbocycles. The highest BCUT2D eigenvalue weighted by Crippen LogP contribution is 1.91. The molecule has 2 amide bonds. The van der Waals surface area contributed by atoms with Crippen LogP contribution in [0, 0.1) is 0 Å². The van der Waals surface area contributed by atoms with Crippen molar-refractivity contribution in [1.82, 2.24) is 10.3 Å². The Morgan fingerprint density at radius 2 is 2.16 bits per heavy atom. The van der Waals surface area contributed by atoms with Crippen LogP contribution in [0.25, 0.3) is 0 Å². The zero-order chi connectivity index (χ0) is 14.8. The normalized spacial score (nSPS) is 10.6. The van der Waals surface area contributed by atoms with Gasteiger partial charge in [-0.2, -0.15) is 12.6 Å². The lowest BCUT2D eigenvalue weighted by molar-refractivity contribution is -0.140. The maximum Gasteiger partial charge on any atom is 0.327 e. The van der Waals surface area contributed by atoms with Gasteiger partial charge in [-0.25, -0.2) is 4.79 Å². The fourth-order valence-electron chi connectivity index (χ4n) is 0.939. The summed E-state index contributed by atoms with van der Waals surface area (Å²) in [5, 5.41) is 10.6. The van der Waals surface area contributed by atoms with Crippen LogP contribution in [-0.2, 0) is 9.59 Å². The molecule has 1 atom stereocenters. The zero-order valence-corrected chi connectivity index (χ0v) is 11.1. The average Bonchev–Trinajstić information content (AvgIpc) is 2.37. The van der Waals surface area contributed by atoms with E-state index in [1.807, 2.05) is 0 Å². The van der Waals surface area contributed by atoms with Gasteiger partial charge in [-0.05, 0) is 12.1 Å². The third-order valence-electron chi connectivity index (χ3n) is 1.80. The topological polar surface area (TPSA) is 122 Å². The molecule has 19 heavy (non-hydrogen) atoms. The van der Waals surface area contributed by atoms with Crippen molar-refractivity contribution in [1.29, 1.82) is 0 Å². The van der Waals surface area contributed by atoms with E-state index in [4.69, 9.17) is 10.8 Å². The minimum atomic E-state index is -1.06. The van der Waals surface area contributed by atoms with Gasteiger partial charge in [0.1, 0.15) is 6.04 Å². The van der Waals surface area contributed by atoms with Crippen LogP contribution in [0.2, 0.25) is 0 Å². The highest BCUT2D eigenvalue weighted by atomic mass is 32.1. The molecule has 8 heteroatoms. The smallest absolute Gasteiger partial charge is 0.327 e. The van der Waals surface area contributed by atoms with Crippen LogP contribution in [0.5, 0.6) is 0 Å². The van der Waals surface area contributed by atoms with Gasteiger partial charge in [0, 0.05) is 25.1 Å². The molecule has 4 N–H and O–H groups in total. The van der Waals surface area contributed by atoms with Gasteiger partial charge in [0.25, 0.3) is 0 Å². The molecule has 0 fully saturated rings. The molecule has 0 aromatic carbocycles. The van der Waals surface area contributed by atoms with E-state index in [0.717, 1.165) is 0 Å². The van der Waals surface area contributed by atoms with Gasteiger partial charge in [0.2, 0.25) is 11.8 Å². The quantitative estimate of drug-likeness (QED) is 0.565. The second-order valence-corrected chi connectivity index (χ2v) is 3.75. The number of aliphatic carboxylic acids is 1. The standard InChI is InChI=1S/C6H6N2O.C5H9NO3S/c7-6(9)5-2-1-3-8-4-5;1-3(7)6-4(2-10)5(8)9/h1-4H,(H2,7,9);4,10H,2H2,1H3,(H,6,7)(H,8,9). The molecule has 0 aliphatic rings. The molecule has 0 saturated carbocycles. The number of pyridine rings is 1. The summed E-state index contributed by atoms with van der Waals surface area (Å²) in [5.74, 6) is -1.76. The highest BCUT2D eigenvalue weighted by molar-refractivity contribution is 7.80. The Morgan fingerprint density at radius 3 is 2.37 bits per heavy atom. The van der Waals surface area contributed by atoms with Crippen molar-refractivity contribution in [3.05, 3.63) is 30.1 Å². The number of nitrogens with one attached hydrogen (secondary N) is 1. The summed E-state index contributed by atoms with van der Waals surface area (Å²) in [7, 11) is 0. The number of hydrogen-bond donors (Lipinski definition) is 4. The molecule has 104 valence electrons. The molecule has 1 aromatic rings. The monoisotopic (exact) mass is 285 g/mol. The number of carboxylic acids is 1. The second kappa shape index (κ2) is 8.92. The number of carboxylic acid groups (broad SMARTS) is 1. The van der Waals surface area contributed by atoms with Crippen molar-refractivity contribution in [3.8, 4) is 0 Å². The number of nitrogens with two attached hydrogens (primary N) is 1. The first kappa shape index (κ1) is 16.9. The second-order valence-electron chi connectivity index (χ2n) is 3.38. The summed E-state index contributed by atoms with van der Waals surface area (Å²) in [6.07, 6.45) is 3.02. The van der Waals surface area contributed by atoms with E-state index in [2.05, 4.69) is 22.9 Å². The van der Waals surface area contributed by atoms with Crippen molar-refractivity contribution in [2.24, 2.45) is 5.73 Å². The summed E-state index contributed by atoms with van der Waals surface area (Å²) in [6, 6.07) is 2.41. The number of primary amides is 1. The highest BCUT2D eigenvalue weighted by Gasteiger charge is 2.15. The molecule has 0 aliphatic heterocycles. The third-order valence-corrected chi connectivity index (χ3v) is 2.17. The Balaban J connectivity index is 0.000000342. The number of amides is 2. The largest absolute Gasteiger partial charge is 0.480 e. The maximum atomic E-state index is 10.4. The number of rotatable bonds is 4. The van der Waals surface area contributed by atoms with Gasteiger partial charge in [-0.1, -0.05) is 0 Å². The molecule has 1 heterocycles. The van der Waals surface area contributed by atoms with Gasteiger partial charge in [0.05, 0.1) is 5.56 Å². The van der Waals surface area contributed by atoms with E-state index >= 15 is 0 Å². The first-order chi connectivity index (χ1) is 8.88. The number of thiol groups is 1. The lowest BCUT2D eigenvalue weighted by Crippen LogP contribution is -2.40. The maximum absolute atomic E-state index is 10.4. The van der Waals surface area contributed by atoms with Crippen molar-refractivity contribution < 1.29 is 19.5 Å². The molecule has 0 saturated heterocycles. The predicted octanol–water partition coefficient (Wildman–Crippen LogP) is -0.314. The van der Waals surface area contributed by atoms with Gasteiger partial charge in [-0.15, -0.1) is 0 Å². The average molecular weight is 285 g/mol. The fourth-order valence-corrected chi connectivity index (χ4v) is 1.19. The Hall–Kier alpha value is -2.09. The summed E-state index contributed by atoms with van der Waals surface area (Å²) in [6.45, 7) is 1.26. The summed E-state index contributed by atoms with van der Waals surface area (Å²) in [5.41, 5.74) is 5.38. The van der Waals surface area contributed by atoms with E-state index in [1.54, 1.807) is 18.3 Å². The lowest BCUT2D eigenvalue weighted by atomic mass is 10.3. The molecule has 1 unspecified atom stereocenters. The van der Waals surface area contributed by atoms with Gasteiger partial charge in [-0.3, -0.25) is 14.6 Å². The minimum Gasteiger partial charge on any atom is -0.480 e. The Bertz CT molecular complexity index is 439. The number of aromatic nitrogens is 1. The van der Waals surface area contributed by atoms with Crippen LogP contribution < -0.4 is 11.1 Å². The van der Waals surface area contributed by atoms with Gasteiger partial charge >= 0.3 is 5.97 Å². The fraction of sp³-hybridized carbons (Fsp3) is 0.273. The van der Waals surface area contributed by atoms with Crippen molar-refractivity contribution in [2.75, 3.05) is 5.75 Å². The molecule has 7 nitrogen and oxygen atoms in total. The minimum absolute atomic E-state index is 0.106. The third kappa shape index (κ3) is 7.77. The molecular weight excluding hydrogens is 270 g/mol. The summed E-state index contributed by atoms with van der Waals surface area (Å²) < 4.78 is 0. The number of carbonyl (C=O) groups excluding carboxylic acids is 2. The SMILES string of the molecule is CC(=O)NC(CS)C(=O)O.NC(=O)c1cccnc1. The molecular formula is C11H15N3O4S. The molecule has 0 radical (unpaired) electrons. The Labute approximate surface area is 115 Å². The van der Waals surface area contributed by atoms with Crippen LogP contribution in [0.15, 0.2) is 24.5 Å². The molecule has 1 rings (SSSR count). The zero-order valence-electron chi connectivity index (χ0n) is 10.2. The first-order valence-electron chi connectivity index (χ1n) is 5.19. The molecule has 0 spiro atoms. The Morgan fingerprint density at radius 1 is 1.53 bits per heavy atom. The molecule has 0 bridgehead atoms. The van der Waals surface area contributed by atoms with Crippen LogP contribution in [0.3, 0.4) is 0 Å². The lowest BCUT2D eigenvalue weighted by Gasteiger charge is -2.08. The van der Waals surface area contributed by atoms with E-state index in [0.29, 0.717) is 5.56 Å². The number of nitrogens with zero attached hydrogens (tertiary/aromatic N) is 1. The number of hydrogen-bond acceptors (Lipinski definition) is 5. The predicted molar refractivity (Wildman–Crippen MR) is 71.8 cm³/mol. The van der Waals surface area contributed by atoms with Gasteiger partial charge < -0.3 is 16.2 Å². The molecule has 1 aromatic heterocycles. The van der Waals surface area contributed by atoms with Crippen molar-refractivity contribution in [3.63, 3.8) is 0 Å².